The molecule has 0 radical (unpaired) electrons. The second kappa shape index (κ2) is 9.06. The summed E-state index contributed by atoms with van der Waals surface area (Å²) in [5.41, 5.74) is 3.12. The van der Waals surface area contributed by atoms with E-state index in [2.05, 4.69) is 4.90 Å². The topological polar surface area (TPSA) is 53.1 Å². The van der Waals surface area contributed by atoms with Crippen LogP contribution in [0, 0.1) is 0 Å². The molecule has 0 aromatic heterocycles. The molecule has 2 heterocycles. The van der Waals surface area contributed by atoms with Crippen molar-refractivity contribution in [1.82, 2.24) is 4.90 Å². The van der Waals surface area contributed by atoms with E-state index in [1.165, 1.54) is 12.8 Å². The number of benzene rings is 2. The first kappa shape index (κ1) is 20.7. The Morgan fingerprint density at radius 2 is 1.87 bits per heavy atom. The van der Waals surface area contributed by atoms with Gasteiger partial charge in [0.2, 0.25) is 5.91 Å². The smallest absolute Gasteiger partial charge is 0.260 e. The van der Waals surface area contributed by atoms with Crippen LogP contribution in [-0.4, -0.2) is 56.6 Å². The van der Waals surface area contributed by atoms with Gasteiger partial charge >= 0.3 is 0 Å². The summed E-state index contributed by atoms with van der Waals surface area (Å²) in [5.74, 6) is -0.372. The summed E-state index contributed by atoms with van der Waals surface area (Å²) in [7, 11) is 1.61. The number of amides is 2. The van der Waals surface area contributed by atoms with Crippen molar-refractivity contribution in [3.8, 4) is 0 Å². The Bertz CT molecular complexity index is 943. The Balaban J connectivity index is 1.64. The molecule has 4 rings (SSSR count). The molecule has 0 atom stereocenters. The third-order valence-electron chi connectivity index (χ3n) is 5.75. The minimum Gasteiger partial charge on any atom is -0.383 e. The van der Waals surface area contributed by atoms with E-state index in [1.54, 1.807) is 23.0 Å². The van der Waals surface area contributed by atoms with Gasteiger partial charge in [-0.2, -0.15) is 0 Å². The fraction of sp³-hybridized carbons (Fsp3) is 0.391. The summed E-state index contributed by atoms with van der Waals surface area (Å²) in [4.78, 5) is 31.9. The molecule has 0 spiro atoms. The summed E-state index contributed by atoms with van der Waals surface area (Å²) >= 11 is 6.54. The van der Waals surface area contributed by atoms with E-state index >= 15 is 0 Å². The predicted molar refractivity (Wildman–Crippen MR) is 118 cm³/mol. The van der Waals surface area contributed by atoms with Gasteiger partial charge in [0.25, 0.3) is 5.91 Å². The number of carbonyl (C=O) groups is 2. The van der Waals surface area contributed by atoms with Crippen LogP contribution in [0.1, 0.15) is 28.8 Å². The van der Waals surface area contributed by atoms with E-state index in [0.717, 1.165) is 30.0 Å². The Labute approximate surface area is 182 Å². The van der Waals surface area contributed by atoms with Crippen molar-refractivity contribution >= 4 is 34.8 Å². The lowest BCUT2D eigenvalue weighted by atomic mass is 10.1. The molecule has 1 saturated heterocycles. The summed E-state index contributed by atoms with van der Waals surface area (Å²) in [5, 5.41) is 0.412. The van der Waals surface area contributed by atoms with E-state index in [-0.39, 0.29) is 18.4 Å². The lowest BCUT2D eigenvalue weighted by Crippen LogP contribution is -2.41. The SMILES string of the molecule is COCCN1Cc2ccccc2N(C(=O)c2ccc(N3CCCC3)cc2Cl)CC1=O. The molecule has 0 bridgehead atoms. The number of methoxy groups -OCH3 is 1. The minimum atomic E-state index is -0.262. The number of nitrogens with zero attached hydrogens (tertiary/aromatic N) is 3. The molecule has 2 aromatic rings. The van der Waals surface area contributed by atoms with Gasteiger partial charge < -0.3 is 14.5 Å². The summed E-state index contributed by atoms with van der Waals surface area (Å²) in [6, 6.07) is 13.2. The van der Waals surface area contributed by atoms with Gasteiger partial charge in [-0.15, -0.1) is 0 Å². The molecule has 2 amide bonds. The zero-order valence-corrected chi connectivity index (χ0v) is 17.9. The average molecular weight is 428 g/mol. The molecular weight excluding hydrogens is 402 g/mol. The minimum absolute atomic E-state index is 0.0240. The maximum Gasteiger partial charge on any atom is 0.260 e. The van der Waals surface area contributed by atoms with Crippen LogP contribution in [0.3, 0.4) is 0 Å². The Morgan fingerprint density at radius 3 is 2.60 bits per heavy atom. The number of para-hydroxylation sites is 1. The molecule has 2 aromatic carbocycles. The fourth-order valence-corrected chi connectivity index (χ4v) is 4.36. The van der Waals surface area contributed by atoms with Crippen molar-refractivity contribution < 1.29 is 14.3 Å². The first-order valence-electron chi connectivity index (χ1n) is 10.3. The summed E-state index contributed by atoms with van der Waals surface area (Å²) in [6.07, 6.45) is 2.34. The van der Waals surface area contributed by atoms with Crippen LogP contribution in [0.4, 0.5) is 11.4 Å². The molecule has 1 fully saturated rings. The zero-order chi connectivity index (χ0) is 21.1. The van der Waals surface area contributed by atoms with E-state index in [4.69, 9.17) is 16.3 Å². The first-order chi connectivity index (χ1) is 14.6. The fourth-order valence-electron chi connectivity index (χ4n) is 4.10. The second-order valence-electron chi connectivity index (χ2n) is 7.69. The van der Waals surface area contributed by atoms with Gasteiger partial charge in [0, 0.05) is 44.7 Å². The number of hydrogen-bond donors (Lipinski definition) is 0. The molecule has 0 aliphatic carbocycles. The number of hydrogen-bond acceptors (Lipinski definition) is 4. The molecule has 0 unspecified atom stereocenters. The van der Waals surface area contributed by atoms with Crippen molar-refractivity contribution in [2.24, 2.45) is 0 Å². The number of carbonyl (C=O) groups excluding carboxylic acids is 2. The molecule has 158 valence electrons. The second-order valence-corrected chi connectivity index (χ2v) is 8.09. The lowest BCUT2D eigenvalue weighted by molar-refractivity contribution is -0.130. The Kier molecular flexibility index (Phi) is 6.25. The molecule has 0 N–H and O–H groups in total. The lowest BCUT2D eigenvalue weighted by Gasteiger charge is -2.24. The van der Waals surface area contributed by atoms with Crippen LogP contribution >= 0.6 is 11.6 Å². The van der Waals surface area contributed by atoms with Crippen molar-refractivity contribution in [3.05, 3.63) is 58.6 Å². The van der Waals surface area contributed by atoms with Crippen molar-refractivity contribution in [1.29, 1.82) is 0 Å². The largest absolute Gasteiger partial charge is 0.383 e. The molecule has 2 aliphatic rings. The standard InChI is InChI=1S/C23H26ClN3O3/c1-30-13-12-26-15-17-6-2-3-7-21(17)27(16-22(26)28)23(29)19-9-8-18(14-20(19)24)25-10-4-5-11-25/h2-3,6-9,14H,4-5,10-13,15-16H2,1H3. The van der Waals surface area contributed by atoms with Crippen LogP contribution in [0.5, 0.6) is 0 Å². The highest BCUT2D eigenvalue weighted by molar-refractivity contribution is 6.35. The normalized spacial score (nSPS) is 16.6. The van der Waals surface area contributed by atoms with Gasteiger partial charge in [0.15, 0.2) is 0 Å². The van der Waals surface area contributed by atoms with Crippen molar-refractivity contribution in [3.63, 3.8) is 0 Å². The molecule has 30 heavy (non-hydrogen) atoms. The highest BCUT2D eigenvalue weighted by Crippen LogP contribution is 2.31. The van der Waals surface area contributed by atoms with Crippen LogP contribution in [0.15, 0.2) is 42.5 Å². The molecule has 0 saturated carbocycles. The van der Waals surface area contributed by atoms with E-state index < -0.39 is 0 Å². The van der Waals surface area contributed by atoms with E-state index in [1.807, 2.05) is 36.4 Å². The third kappa shape index (κ3) is 4.16. The van der Waals surface area contributed by atoms with Crippen LogP contribution < -0.4 is 9.80 Å². The van der Waals surface area contributed by atoms with Gasteiger partial charge in [-0.05, 0) is 42.7 Å². The Hall–Kier alpha value is -2.57. The van der Waals surface area contributed by atoms with Gasteiger partial charge in [-0.3, -0.25) is 14.5 Å². The quantitative estimate of drug-likeness (QED) is 0.732. The maximum absolute atomic E-state index is 13.5. The van der Waals surface area contributed by atoms with Crippen molar-refractivity contribution in [2.45, 2.75) is 19.4 Å². The molecule has 7 heteroatoms. The van der Waals surface area contributed by atoms with Crippen LogP contribution in [0.2, 0.25) is 5.02 Å². The molecule has 6 nitrogen and oxygen atoms in total. The van der Waals surface area contributed by atoms with Crippen LogP contribution in [0.25, 0.3) is 0 Å². The summed E-state index contributed by atoms with van der Waals surface area (Å²) < 4.78 is 5.14. The Morgan fingerprint density at radius 1 is 1.10 bits per heavy atom. The monoisotopic (exact) mass is 427 g/mol. The zero-order valence-electron chi connectivity index (χ0n) is 17.1. The average Bonchev–Trinajstić information content (AvgIpc) is 3.25. The number of anilines is 2. The van der Waals surface area contributed by atoms with E-state index in [0.29, 0.717) is 30.3 Å². The number of ether oxygens (including phenoxy) is 1. The highest BCUT2D eigenvalue weighted by atomic mass is 35.5. The summed E-state index contributed by atoms with van der Waals surface area (Å²) in [6.45, 7) is 3.38. The van der Waals surface area contributed by atoms with Gasteiger partial charge in [0.05, 0.1) is 17.2 Å². The first-order valence-corrected chi connectivity index (χ1v) is 10.7. The predicted octanol–water partition coefficient (Wildman–Crippen LogP) is 3.58. The number of rotatable bonds is 5. The number of halogens is 1. The van der Waals surface area contributed by atoms with Crippen LogP contribution in [-0.2, 0) is 16.1 Å². The third-order valence-corrected chi connectivity index (χ3v) is 6.07. The van der Waals surface area contributed by atoms with E-state index in [9.17, 15) is 9.59 Å². The van der Waals surface area contributed by atoms with Gasteiger partial charge in [-0.1, -0.05) is 29.8 Å². The highest BCUT2D eigenvalue weighted by Gasteiger charge is 2.30. The maximum atomic E-state index is 13.5. The number of fused-ring (bicyclic) bond motifs is 1. The molecular formula is C23H26ClN3O3. The van der Waals surface area contributed by atoms with Gasteiger partial charge in [-0.25, -0.2) is 0 Å². The van der Waals surface area contributed by atoms with Gasteiger partial charge in [0.1, 0.15) is 6.54 Å². The molecule has 2 aliphatic heterocycles. The van der Waals surface area contributed by atoms with Crippen molar-refractivity contribution in [2.75, 3.05) is 49.7 Å².